The van der Waals surface area contributed by atoms with Gasteiger partial charge >= 0.3 is 5.97 Å². The van der Waals surface area contributed by atoms with Gasteiger partial charge in [0.25, 0.3) is 0 Å². The van der Waals surface area contributed by atoms with Crippen LogP contribution in [0.4, 0.5) is 5.69 Å². The lowest BCUT2D eigenvalue weighted by atomic mass is 9.78. The predicted octanol–water partition coefficient (Wildman–Crippen LogP) is 6.84. The minimum atomic E-state index is -0.986. The van der Waals surface area contributed by atoms with E-state index >= 15 is 0 Å². The molecule has 0 aliphatic heterocycles. The summed E-state index contributed by atoms with van der Waals surface area (Å²) in [6.07, 6.45) is 7.53. The smallest absolute Gasteiger partial charge is 0.328 e. The first-order valence-electron chi connectivity index (χ1n) is 12.5. The number of nitrogens with zero attached hydrogens (tertiary/aromatic N) is 1. The Kier molecular flexibility index (Phi) is 8.76. The highest BCUT2D eigenvalue weighted by molar-refractivity contribution is 5.94. The number of aliphatic carboxylic acids is 1. The Morgan fingerprint density at radius 1 is 1.09 bits per heavy atom. The highest BCUT2D eigenvalue weighted by atomic mass is 16.5. The Bertz CT molecular complexity index is 1060. The zero-order valence-electron chi connectivity index (χ0n) is 21.7. The molecule has 1 aliphatic carbocycles. The van der Waals surface area contributed by atoms with Crippen molar-refractivity contribution in [3.05, 3.63) is 65.2 Å². The molecular weight excluding hydrogens is 438 g/mol. The highest BCUT2D eigenvalue weighted by Gasteiger charge is 2.28. The van der Waals surface area contributed by atoms with Crippen LogP contribution in [0.1, 0.15) is 75.5 Å². The largest absolute Gasteiger partial charge is 0.496 e. The maximum atomic E-state index is 13.4. The molecule has 188 valence electrons. The van der Waals surface area contributed by atoms with E-state index in [-0.39, 0.29) is 11.3 Å². The molecule has 0 heterocycles. The molecule has 1 N–H and O–H groups in total. The van der Waals surface area contributed by atoms with Crippen molar-refractivity contribution in [2.24, 2.45) is 11.3 Å². The second kappa shape index (κ2) is 11.6. The molecule has 5 nitrogen and oxygen atoms in total. The van der Waals surface area contributed by atoms with Gasteiger partial charge in [-0.3, -0.25) is 4.79 Å². The van der Waals surface area contributed by atoms with E-state index in [1.165, 1.54) is 11.1 Å². The molecule has 0 atom stereocenters. The van der Waals surface area contributed by atoms with Gasteiger partial charge in [-0.25, -0.2) is 4.79 Å². The Hall–Kier alpha value is -3.08. The zero-order chi connectivity index (χ0) is 25.6. The summed E-state index contributed by atoms with van der Waals surface area (Å²) in [5.41, 5.74) is 4.04. The van der Waals surface area contributed by atoms with Crippen molar-refractivity contribution in [3.8, 4) is 5.75 Å². The van der Waals surface area contributed by atoms with Gasteiger partial charge < -0.3 is 14.7 Å². The quantitative estimate of drug-likeness (QED) is 0.423. The number of hydrogen-bond donors (Lipinski definition) is 1. The Morgan fingerprint density at radius 2 is 1.80 bits per heavy atom. The van der Waals surface area contributed by atoms with Crippen molar-refractivity contribution >= 4 is 23.6 Å². The van der Waals surface area contributed by atoms with Crippen LogP contribution in [-0.4, -0.2) is 30.6 Å². The second-order valence-corrected chi connectivity index (χ2v) is 11.0. The Morgan fingerprint density at radius 3 is 2.40 bits per heavy atom. The number of hydrogen-bond acceptors (Lipinski definition) is 3. The molecule has 3 rings (SSSR count). The van der Waals surface area contributed by atoms with E-state index in [1.54, 1.807) is 13.2 Å². The van der Waals surface area contributed by atoms with Gasteiger partial charge in [-0.1, -0.05) is 45.0 Å². The minimum absolute atomic E-state index is 0.111. The average Bonchev–Trinajstić information content (AvgIpc) is 2.80. The van der Waals surface area contributed by atoms with E-state index in [0.717, 1.165) is 48.8 Å². The number of carboxylic acid groups (broad SMARTS) is 1. The van der Waals surface area contributed by atoms with Crippen molar-refractivity contribution in [1.82, 2.24) is 0 Å². The van der Waals surface area contributed by atoms with Crippen LogP contribution < -0.4 is 9.64 Å². The molecule has 0 spiro atoms. The van der Waals surface area contributed by atoms with Crippen molar-refractivity contribution < 1.29 is 19.4 Å². The fraction of sp³-hybridized carbons (Fsp3) is 0.467. The first-order valence-corrected chi connectivity index (χ1v) is 12.5. The molecular formula is C30H39NO4. The fourth-order valence-corrected chi connectivity index (χ4v) is 4.96. The molecule has 35 heavy (non-hydrogen) atoms. The topological polar surface area (TPSA) is 66.8 Å². The van der Waals surface area contributed by atoms with Crippen molar-refractivity contribution in [1.29, 1.82) is 0 Å². The molecule has 2 aromatic carbocycles. The van der Waals surface area contributed by atoms with Gasteiger partial charge in [0.1, 0.15) is 5.75 Å². The lowest BCUT2D eigenvalue weighted by Gasteiger charge is -2.34. The molecule has 5 heteroatoms. The molecule has 1 amide bonds. The van der Waals surface area contributed by atoms with Crippen molar-refractivity contribution in [2.75, 3.05) is 18.6 Å². The Labute approximate surface area is 209 Å². The van der Waals surface area contributed by atoms with Crippen molar-refractivity contribution in [3.63, 3.8) is 0 Å². The zero-order valence-corrected chi connectivity index (χ0v) is 21.7. The minimum Gasteiger partial charge on any atom is -0.496 e. The third kappa shape index (κ3) is 7.71. The monoisotopic (exact) mass is 477 g/mol. The second-order valence-electron chi connectivity index (χ2n) is 11.0. The molecule has 2 aromatic rings. The van der Waals surface area contributed by atoms with E-state index in [4.69, 9.17) is 9.84 Å². The van der Waals surface area contributed by atoms with Crippen LogP contribution in [0.2, 0.25) is 0 Å². The first-order chi connectivity index (χ1) is 16.6. The molecule has 0 unspecified atom stereocenters. The molecule has 0 aromatic heterocycles. The number of methoxy groups -OCH3 is 1. The predicted molar refractivity (Wildman–Crippen MR) is 142 cm³/mol. The Balaban J connectivity index is 1.74. The van der Waals surface area contributed by atoms with Crippen LogP contribution in [0.5, 0.6) is 5.75 Å². The number of carbonyl (C=O) groups excluding carboxylic acids is 1. The summed E-state index contributed by atoms with van der Waals surface area (Å²) in [5, 5.41) is 8.97. The molecule has 1 saturated carbocycles. The number of ether oxygens (including phenoxy) is 1. The highest BCUT2D eigenvalue weighted by Crippen LogP contribution is 2.38. The van der Waals surface area contributed by atoms with Crippen LogP contribution >= 0.6 is 0 Å². The van der Waals surface area contributed by atoms with Gasteiger partial charge in [0.2, 0.25) is 5.91 Å². The van der Waals surface area contributed by atoms with E-state index in [1.807, 2.05) is 29.2 Å². The normalized spacial score (nSPS) is 18.4. The molecule has 0 radical (unpaired) electrons. The molecule has 0 saturated heterocycles. The van der Waals surface area contributed by atoms with Gasteiger partial charge in [0, 0.05) is 24.7 Å². The van der Waals surface area contributed by atoms with Crippen molar-refractivity contribution in [2.45, 2.75) is 65.7 Å². The number of rotatable bonds is 8. The summed E-state index contributed by atoms with van der Waals surface area (Å²) >= 11 is 0. The summed E-state index contributed by atoms with van der Waals surface area (Å²) in [6, 6.07) is 14.1. The number of amides is 1. The number of carbonyl (C=O) groups is 2. The van der Waals surface area contributed by atoms with Gasteiger partial charge in [-0.2, -0.15) is 0 Å². The van der Waals surface area contributed by atoms with Gasteiger partial charge in [0.05, 0.1) is 7.11 Å². The summed E-state index contributed by atoms with van der Waals surface area (Å²) in [5.74, 6) is 1.03. The molecule has 1 aliphatic rings. The third-order valence-electron chi connectivity index (χ3n) is 6.76. The fourth-order valence-electron chi connectivity index (χ4n) is 4.96. The maximum Gasteiger partial charge on any atom is 0.328 e. The summed E-state index contributed by atoms with van der Waals surface area (Å²) in [4.78, 5) is 26.3. The lowest BCUT2D eigenvalue weighted by molar-refractivity contribution is -0.131. The third-order valence-corrected chi connectivity index (χ3v) is 6.76. The maximum absolute atomic E-state index is 13.4. The summed E-state index contributed by atoms with van der Waals surface area (Å²) in [7, 11) is 1.71. The molecule has 1 fully saturated rings. The number of benzene rings is 2. The van der Waals surface area contributed by atoms with E-state index < -0.39 is 5.97 Å². The number of carboxylic acids is 1. The van der Waals surface area contributed by atoms with Gasteiger partial charge in [-0.15, -0.1) is 0 Å². The van der Waals surface area contributed by atoms with Crippen LogP contribution in [0.15, 0.2) is 48.5 Å². The number of anilines is 1. The van der Waals surface area contributed by atoms with E-state index in [0.29, 0.717) is 24.8 Å². The average molecular weight is 478 g/mol. The lowest BCUT2D eigenvalue weighted by Crippen LogP contribution is -2.38. The van der Waals surface area contributed by atoms with Crippen LogP contribution in [-0.2, 0) is 9.59 Å². The van der Waals surface area contributed by atoms with Gasteiger partial charge in [0.15, 0.2) is 0 Å². The standard InChI is InChI=1S/C30H39NO4/c1-21-17-25(14-15-27(21)35-5)24-12-9-23(10-13-24)20-31(28(32)19-30(2,3)4)26-8-6-7-22(18-26)11-16-29(33)34/h6-8,11,14-18,23-24H,9-10,12-13,19-20H2,1-5H3,(H,33,34). The number of aryl methyl sites for hydroxylation is 1. The van der Waals surface area contributed by atoms with Crippen LogP contribution in [0.3, 0.4) is 0 Å². The van der Waals surface area contributed by atoms with E-state index in [9.17, 15) is 9.59 Å². The first kappa shape index (κ1) is 26.5. The SMILES string of the molecule is COc1ccc(C2CCC(CN(C(=O)CC(C)(C)C)c3cccc(C=CC(=O)O)c3)CC2)cc1C. The van der Waals surface area contributed by atoms with Gasteiger partial charge in [-0.05, 0) is 90.8 Å². The van der Waals surface area contributed by atoms with Crippen LogP contribution in [0.25, 0.3) is 6.08 Å². The van der Waals surface area contributed by atoms with Crippen LogP contribution in [0, 0.1) is 18.3 Å². The summed E-state index contributed by atoms with van der Waals surface area (Å²) in [6.45, 7) is 9.02. The van der Waals surface area contributed by atoms with E-state index in [2.05, 4.69) is 45.9 Å². The molecule has 0 bridgehead atoms. The summed E-state index contributed by atoms with van der Waals surface area (Å²) < 4.78 is 5.41.